The first-order valence-electron chi connectivity index (χ1n) is 7.45. The van der Waals surface area contributed by atoms with Gasteiger partial charge in [0.1, 0.15) is 5.82 Å². The molecule has 0 unspecified atom stereocenters. The minimum absolute atomic E-state index is 0.211. The number of benzene rings is 2. The van der Waals surface area contributed by atoms with E-state index in [0.29, 0.717) is 25.2 Å². The largest absolute Gasteiger partial charge is 0.376 e. The summed E-state index contributed by atoms with van der Waals surface area (Å²) in [4.78, 5) is 0. The van der Waals surface area contributed by atoms with Gasteiger partial charge in [-0.15, -0.1) is 0 Å². The summed E-state index contributed by atoms with van der Waals surface area (Å²) in [7, 11) is 0. The van der Waals surface area contributed by atoms with E-state index in [0.717, 1.165) is 11.1 Å². The van der Waals surface area contributed by atoms with Crippen molar-refractivity contribution in [2.24, 2.45) is 5.41 Å². The Bertz CT molecular complexity index is 594. The number of halogens is 2. The maximum atomic E-state index is 13.9. The standard InChI is InChI=1S/C19H22F2O/c1-19(2,13-20)14-22-12-16-8-9-18(21)17(11-16)10-15-6-4-3-5-7-15/h3-9,11H,10,12-14H2,1-2H3. The fourth-order valence-corrected chi connectivity index (χ4v) is 2.15. The number of ether oxygens (including phenoxy) is 1. The monoisotopic (exact) mass is 304 g/mol. The normalized spacial score (nSPS) is 11.6. The molecule has 0 aliphatic carbocycles. The van der Waals surface area contributed by atoms with Gasteiger partial charge in [0, 0.05) is 11.8 Å². The van der Waals surface area contributed by atoms with E-state index < -0.39 is 12.1 Å². The second-order valence-electron chi connectivity index (χ2n) is 6.38. The van der Waals surface area contributed by atoms with Crippen LogP contribution < -0.4 is 0 Å². The third kappa shape index (κ3) is 4.92. The van der Waals surface area contributed by atoms with E-state index in [1.54, 1.807) is 6.07 Å². The van der Waals surface area contributed by atoms with Crippen molar-refractivity contribution in [2.75, 3.05) is 13.3 Å². The van der Waals surface area contributed by atoms with Crippen LogP contribution in [0.2, 0.25) is 0 Å². The molecule has 0 aliphatic rings. The molecule has 0 N–H and O–H groups in total. The Hall–Kier alpha value is -1.74. The molecule has 0 atom stereocenters. The van der Waals surface area contributed by atoms with E-state index in [-0.39, 0.29) is 5.82 Å². The summed E-state index contributed by atoms with van der Waals surface area (Å²) >= 11 is 0. The lowest BCUT2D eigenvalue weighted by Crippen LogP contribution is -2.21. The third-order valence-electron chi connectivity index (χ3n) is 3.47. The minimum Gasteiger partial charge on any atom is -0.376 e. The maximum absolute atomic E-state index is 13.9. The van der Waals surface area contributed by atoms with Gasteiger partial charge in [0.05, 0.1) is 19.9 Å². The van der Waals surface area contributed by atoms with Crippen LogP contribution in [-0.4, -0.2) is 13.3 Å². The van der Waals surface area contributed by atoms with Gasteiger partial charge < -0.3 is 4.74 Å². The Morgan fingerprint density at radius 1 is 1.00 bits per heavy atom. The Morgan fingerprint density at radius 2 is 1.73 bits per heavy atom. The molecule has 0 bridgehead atoms. The molecule has 2 aromatic rings. The highest BCUT2D eigenvalue weighted by Gasteiger charge is 2.17. The summed E-state index contributed by atoms with van der Waals surface area (Å²) < 4.78 is 32.2. The van der Waals surface area contributed by atoms with E-state index in [1.807, 2.05) is 50.2 Å². The fourth-order valence-electron chi connectivity index (χ4n) is 2.15. The van der Waals surface area contributed by atoms with Crippen LogP contribution in [0.15, 0.2) is 48.5 Å². The molecule has 0 saturated carbocycles. The van der Waals surface area contributed by atoms with Crippen LogP contribution in [0, 0.1) is 11.2 Å². The quantitative estimate of drug-likeness (QED) is 0.705. The van der Waals surface area contributed by atoms with Crippen molar-refractivity contribution in [1.29, 1.82) is 0 Å². The van der Waals surface area contributed by atoms with Crippen LogP contribution in [0.1, 0.15) is 30.5 Å². The Balaban J connectivity index is 2.01. The van der Waals surface area contributed by atoms with Crippen LogP contribution in [0.25, 0.3) is 0 Å². The van der Waals surface area contributed by atoms with E-state index in [1.165, 1.54) is 6.07 Å². The molecule has 0 fully saturated rings. The topological polar surface area (TPSA) is 9.23 Å². The number of rotatable bonds is 7. The number of hydrogen-bond acceptors (Lipinski definition) is 1. The van der Waals surface area contributed by atoms with Crippen molar-refractivity contribution in [1.82, 2.24) is 0 Å². The molecule has 0 radical (unpaired) electrons. The molecule has 1 nitrogen and oxygen atoms in total. The minimum atomic E-state index is -0.479. The first-order chi connectivity index (χ1) is 10.5. The Morgan fingerprint density at radius 3 is 2.41 bits per heavy atom. The SMILES string of the molecule is CC(C)(CF)COCc1ccc(F)c(Cc2ccccc2)c1. The van der Waals surface area contributed by atoms with Crippen LogP contribution in [0.3, 0.4) is 0 Å². The average Bonchev–Trinajstić information content (AvgIpc) is 2.51. The van der Waals surface area contributed by atoms with Crippen molar-refractivity contribution >= 4 is 0 Å². The lowest BCUT2D eigenvalue weighted by atomic mass is 9.97. The molecule has 2 aromatic carbocycles. The first-order valence-corrected chi connectivity index (χ1v) is 7.45. The molecule has 0 heterocycles. The summed E-state index contributed by atoms with van der Waals surface area (Å²) in [5, 5.41) is 0. The highest BCUT2D eigenvalue weighted by Crippen LogP contribution is 2.19. The molecule has 22 heavy (non-hydrogen) atoms. The summed E-state index contributed by atoms with van der Waals surface area (Å²) in [5.74, 6) is -0.211. The predicted octanol–water partition coefficient (Wildman–Crippen LogP) is 4.93. The van der Waals surface area contributed by atoms with Gasteiger partial charge >= 0.3 is 0 Å². The zero-order chi connectivity index (χ0) is 16.0. The summed E-state index contributed by atoms with van der Waals surface area (Å²) in [6, 6.07) is 14.8. The smallest absolute Gasteiger partial charge is 0.126 e. The molecule has 2 rings (SSSR count). The van der Waals surface area contributed by atoms with Crippen LogP contribution >= 0.6 is 0 Å². The second kappa shape index (κ2) is 7.50. The highest BCUT2D eigenvalue weighted by molar-refractivity contribution is 5.30. The highest BCUT2D eigenvalue weighted by atomic mass is 19.1. The number of alkyl halides is 1. The zero-order valence-corrected chi connectivity index (χ0v) is 13.1. The van der Waals surface area contributed by atoms with Gasteiger partial charge in [-0.1, -0.05) is 56.3 Å². The van der Waals surface area contributed by atoms with Crippen LogP contribution in [0.4, 0.5) is 8.78 Å². The van der Waals surface area contributed by atoms with E-state index in [9.17, 15) is 8.78 Å². The maximum Gasteiger partial charge on any atom is 0.126 e. The molecule has 0 aliphatic heterocycles. The molecule has 118 valence electrons. The summed E-state index contributed by atoms with van der Waals surface area (Å²) in [5.41, 5.74) is 2.14. The zero-order valence-electron chi connectivity index (χ0n) is 13.1. The van der Waals surface area contributed by atoms with E-state index in [2.05, 4.69) is 0 Å². The molecule has 0 amide bonds. The van der Waals surface area contributed by atoms with Crippen molar-refractivity contribution in [3.8, 4) is 0 Å². The van der Waals surface area contributed by atoms with Crippen LogP contribution in [-0.2, 0) is 17.8 Å². The summed E-state index contributed by atoms with van der Waals surface area (Å²) in [6.45, 7) is 3.92. The van der Waals surface area contributed by atoms with Gasteiger partial charge in [-0.05, 0) is 22.8 Å². The van der Waals surface area contributed by atoms with Gasteiger partial charge in [0.15, 0.2) is 0 Å². The van der Waals surface area contributed by atoms with E-state index >= 15 is 0 Å². The molecular formula is C19H22F2O. The van der Waals surface area contributed by atoms with Crippen molar-refractivity contribution in [2.45, 2.75) is 26.9 Å². The summed E-state index contributed by atoms with van der Waals surface area (Å²) in [6.07, 6.45) is 0.552. The van der Waals surface area contributed by atoms with Crippen LogP contribution in [0.5, 0.6) is 0 Å². The number of hydrogen-bond donors (Lipinski definition) is 0. The molecular weight excluding hydrogens is 282 g/mol. The van der Waals surface area contributed by atoms with Gasteiger partial charge in [-0.3, -0.25) is 4.39 Å². The lowest BCUT2D eigenvalue weighted by Gasteiger charge is -2.20. The van der Waals surface area contributed by atoms with Gasteiger partial charge in [-0.25, -0.2) is 4.39 Å². The average molecular weight is 304 g/mol. The third-order valence-corrected chi connectivity index (χ3v) is 3.47. The molecule has 0 aromatic heterocycles. The van der Waals surface area contributed by atoms with E-state index in [4.69, 9.17) is 4.74 Å². The van der Waals surface area contributed by atoms with Crippen molar-refractivity contribution in [3.63, 3.8) is 0 Å². The Labute approximate surface area is 130 Å². The first kappa shape index (κ1) is 16.6. The fraction of sp³-hybridized carbons (Fsp3) is 0.368. The second-order valence-corrected chi connectivity index (χ2v) is 6.38. The van der Waals surface area contributed by atoms with Crippen molar-refractivity contribution < 1.29 is 13.5 Å². The molecule has 0 spiro atoms. The molecule has 3 heteroatoms. The predicted molar refractivity (Wildman–Crippen MR) is 85.1 cm³/mol. The lowest BCUT2D eigenvalue weighted by molar-refractivity contribution is 0.0386. The Kier molecular flexibility index (Phi) is 5.67. The van der Waals surface area contributed by atoms with Gasteiger partial charge in [0.2, 0.25) is 0 Å². The van der Waals surface area contributed by atoms with Crippen molar-refractivity contribution in [3.05, 3.63) is 71.0 Å². The molecule has 0 saturated heterocycles. The van der Waals surface area contributed by atoms with Gasteiger partial charge in [-0.2, -0.15) is 0 Å². The van der Waals surface area contributed by atoms with Gasteiger partial charge in [0.25, 0.3) is 0 Å².